The Balaban J connectivity index is 1.81. The summed E-state index contributed by atoms with van der Waals surface area (Å²) in [6, 6.07) is 3.16. The predicted octanol–water partition coefficient (Wildman–Crippen LogP) is 3.06. The molecule has 0 amide bonds. The quantitative estimate of drug-likeness (QED) is 0.613. The summed E-state index contributed by atoms with van der Waals surface area (Å²) in [6.07, 6.45) is 0. The zero-order valence-corrected chi connectivity index (χ0v) is 14.4. The Morgan fingerprint density at radius 3 is 2.39 bits per heavy atom. The number of ether oxygens (including phenoxy) is 1. The van der Waals surface area contributed by atoms with Crippen LogP contribution in [0.2, 0.25) is 10.0 Å². The molecule has 3 rings (SSSR count). The lowest BCUT2D eigenvalue weighted by Crippen LogP contribution is -2.46. The molecular weight excluding hydrogens is 341 g/mol. The molecule has 2 aliphatic heterocycles. The first-order valence-corrected chi connectivity index (χ1v) is 8.43. The van der Waals surface area contributed by atoms with Crippen LogP contribution in [0.5, 0.6) is 0 Å². The van der Waals surface area contributed by atoms with Crippen molar-refractivity contribution in [3.8, 4) is 0 Å². The van der Waals surface area contributed by atoms with Crippen molar-refractivity contribution >= 4 is 34.6 Å². The molecule has 8 heteroatoms. The number of hydrogen-bond acceptors (Lipinski definition) is 5. The van der Waals surface area contributed by atoms with Crippen molar-refractivity contribution in [1.82, 2.24) is 4.90 Å². The number of nitro benzene ring substituents is 1. The maximum absolute atomic E-state index is 10.9. The Morgan fingerprint density at radius 2 is 1.83 bits per heavy atom. The Kier molecular flexibility index (Phi) is 4.96. The van der Waals surface area contributed by atoms with Crippen molar-refractivity contribution in [3.05, 3.63) is 32.3 Å². The van der Waals surface area contributed by atoms with E-state index < -0.39 is 4.92 Å². The van der Waals surface area contributed by atoms with Crippen LogP contribution in [0.1, 0.15) is 6.92 Å². The minimum Gasteiger partial charge on any atom is -0.379 e. The summed E-state index contributed by atoms with van der Waals surface area (Å²) in [5.74, 6) is 0.468. The van der Waals surface area contributed by atoms with Crippen LogP contribution in [0.15, 0.2) is 12.1 Å². The fraction of sp³-hybridized carbons (Fsp3) is 0.600. The second-order valence-corrected chi connectivity index (χ2v) is 6.93. The van der Waals surface area contributed by atoms with Gasteiger partial charge in [-0.2, -0.15) is 0 Å². The second kappa shape index (κ2) is 6.81. The van der Waals surface area contributed by atoms with E-state index in [1.165, 1.54) is 12.1 Å². The molecule has 0 bridgehead atoms. The molecule has 0 radical (unpaired) electrons. The van der Waals surface area contributed by atoms with E-state index in [-0.39, 0.29) is 5.69 Å². The molecule has 2 atom stereocenters. The minimum absolute atomic E-state index is 0.0827. The average molecular weight is 360 g/mol. The Bertz CT molecular complexity index is 585. The van der Waals surface area contributed by atoms with Gasteiger partial charge in [-0.3, -0.25) is 15.0 Å². The van der Waals surface area contributed by atoms with Gasteiger partial charge in [0, 0.05) is 44.4 Å². The topological polar surface area (TPSA) is 58.8 Å². The van der Waals surface area contributed by atoms with Gasteiger partial charge in [-0.25, -0.2) is 0 Å². The lowest BCUT2D eigenvalue weighted by Gasteiger charge is -2.34. The highest BCUT2D eigenvalue weighted by Crippen LogP contribution is 2.40. The molecule has 126 valence electrons. The molecule has 0 saturated carbocycles. The maximum Gasteiger partial charge on any atom is 0.272 e. The van der Waals surface area contributed by atoms with Crippen LogP contribution in [0.4, 0.5) is 11.4 Å². The third kappa shape index (κ3) is 3.40. The van der Waals surface area contributed by atoms with Gasteiger partial charge in [0.2, 0.25) is 0 Å². The third-order valence-electron chi connectivity index (χ3n) is 4.62. The van der Waals surface area contributed by atoms with Crippen LogP contribution in [0, 0.1) is 16.0 Å². The molecule has 0 N–H and O–H groups in total. The van der Waals surface area contributed by atoms with Gasteiger partial charge in [0.1, 0.15) is 0 Å². The molecule has 2 unspecified atom stereocenters. The molecule has 6 nitrogen and oxygen atoms in total. The third-order valence-corrected chi connectivity index (χ3v) is 5.19. The highest BCUT2D eigenvalue weighted by atomic mass is 35.5. The van der Waals surface area contributed by atoms with Crippen LogP contribution >= 0.6 is 23.2 Å². The normalized spacial score (nSPS) is 25.8. The van der Waals surface area contributed by atoms with Gasteiger partial charge in [0.25, 0.3) is 5.69 Å². The first-order valence-electron chi connectivity index (χ1n) is 7.67. The molecule has 0 aliphatic carbocycles. The van der Waals surface area contributed by atoms with Crippen molar-refractivity contribution < 1.29 is 9.66 Å². The van der Waals surface area contributed by atoms with E-state index in [0.29, 0.717) is 27.7 Å². The Morgan fingerprint density at radius 1 is 1.22 bits per heavy atom. The maximum atomic E-state index is 10.9. The first-order chi connectivity index (χ1) is 11.0. The van der Waals surface area contributed by atoms with E-state index in [4.69, 9.17) is 27.9 Å². The standard InChI is InChI=1S/C15H19Cl2N3O3/c1-10-8-19(9-14(10)18-2-4-23-5-3-18)15-12(16)6-11(20(21)22)7-13(15)17/h6-7,10,14H,2-5,8-9H2,1H3. The van der Waals surface area contributed by atoms with E-state index in [2.05, 4.69) is 16.7 Å². The Labute approximate surface area is 145 Å². The van der Waals surface area contributed by atoms with Crippen molar-refractivity contribution in [2.45, 2.75) is 13.0 Å². The number of halogens is 2. The predicted molar refractivity (Wildman–Crippen MR) is 90.7 cm³/mol. The molecule has 2 fully saturated rings. The van der Waals surface area contributed by atoms with E-state index in [1.807, 2.05) is 0 Å². The Hall–Kier alpha value is -1.08. The fourth-order valence-electron chi connectivity index (χ4n) is 3.48. The van der Waals surface area contributed by atoms with Crippen LogP contribution in [0.25, 0.3) is 0 Å². The number of rotatable bonds is 3. The number of non-ortho nitro benzene ring substituents is 1. The molecule has 1 aromatic carbocycles. The highest BCUT2D eigenvalue weighted by Gasteiger charge is 2.36. The van der Waals surface area contributed by atoms with Gasteiger partial charge in [-0.15, -0.1) is 0 Å². The summed E-state index contributed by atoms with van der Waals surface area (Å²) >= 11 is 12.6. The number of benzene rings is 1. The molecule has 2 saturated heterocycles. The van der Waals surface area contributed by atoms with Gasteiger partial charge in [0.05, 0.1) is 33.9 Å². The number of anilines is 1. The molecule has 23 heavy (non-hydrogen) atoms. The largest absolute Gasteiger partial charge is 0.379 e. The first kappa shape index (κ1) is 16.8. The van der Waals surface area contributed by atoms with Crippen LogP contribution < -0.4 is 4.90 Å². The summed E-state index contributed by atoms with van der Waals surface area (Å²) in [5.41, 5.74) is 0.613. The number of nitrogens with zero attached hydrogens (tertiary/aromatic N) is 3. The smallest absolute Gasteiger partial charge is 0.272 e. The van der Waals surface area contributed by atoms with E-state index in [9.17, 15) is 10.1 Å². The van der Waals surface area contributed by atoms with Gasteiger partial charge in [-0.1, -0.05) is 30.1 Å². The van der Waals surface area contributed by atoms with Crippen molar-refractivity contribution in [1.29, 1.82) is 0 Å². The number of morpholine rings is 1. The van der Waals surface area contributed by atoms with Gasteiger partial charge in [0.15, 0.2) is 0 Å². The van der Waals surface area contributed by atoms with Crippen LogP contribution in [0.3, 0.4) is 0 Å². The number of hydrogen-bond donors (Lipinski definition) is 0. The van der Waals surface area contributed by atoms with Crippen LogP contribution in [-0.4, -0.2) is 55.3 Å². The van der Waals surface area contributed by atoms with Crippen molar-refractivity contribution in [2.24, 2.45) is 5.92 Å². The molecule has 2 aliphatic rings. The van der Waals surface area contributed by atoms with E-state index in [0.717, 1.165) is 39.4 Å². The molecular formula is C15H19Cl2N3O3. The molecule has 1 aromatic rings. The minimum atomic E-state index is -0.481. The van der Waals surface area contributed by atoms with E-state index >= 15 is 0 Å². The lowest BCUT2D eigenvalue weighted by molar-refractivity contribution is -0.384. The second-order valence-electron chi connectivity index (χ2n) is 6.11. The van der Waals surface area contributed by atoms with Crippen molar-refractivity contribution in [3.63, 3.8) is 0 Å². The van der Waals surface area contributed by atoms with Gasteiger partial charge >= 0.3 is 0 Å². The molecule has 0 spiro atoms. The molecule has 0 aromatic heterocycles. The summed E-state index contributed by atoms with van der Waals surface area (Å²) in [6.45, 7) is 7.27. The van der Waals surface area contributed by atoms with E-state index in [1.54, 1.807) is 0 Å². The summed E-state index contributed by atoms with van der Waals surface area (Å²) in [4.78, 5) is 15.0. The van der Waals surface area contributed by atoms with Crippen LogP contribution in [-0.2, 0) is 4.74 Å². The lowest BCUT2D eigenvalue weighted by atomic mass is 10.0. The van der Waals surface area contributed by atoms with Gasteiger partial charge in [-0.05, 0) is 5.92 Å². The zero-order chi connectivity index (χ0) is 16.6. The monoisotopic (exact) mass is 359 g/mol. The van der Waals surface area contributed by atoms with Gasteiger partial charge < -0.3 is 9.64 Å². The zero-order valence-electron chi connectivity index (χ0n) is 12.9. The summed E-state index contributed by atoms with van der Waals surface area (Å²) < 4.78 is 5.42. The highest BCUT2D eigenvalue weighted by molar-refractivity contribution is 6.39. The SMILES string of the molecule is CC1CN(c2c(Cl)cc([N+](=O)[O-])cc2Cl)CC1N1CCOCC1. The molecule has 2 heterocycles. The number of nitro groups is 1. The average Bonchev–Trinajstić information content (AvgIpc) is 2.89. The fourth-order valence-corrected chi connectivity index (χ4v) is 4.19. The summed E-state index contributed by atoms with van der Waals surface area (Å²) in [7, 11) is 0. The van der Waals surface area contributed by atoms with Crippen molar-refractivity contribution in [2.75, 3.05) is 44.3 Å². The summed E-state index contributed by atoms with van der Waals surface area (Å²) in [5, 5.41) is 11.6.